The van der Waals surface area contributed by atoms with Gasteiger partial charge in [0.05, 0.1) is 6.61 Å². The molecule has 0 radical (unpaired) electrons. The molecule has 7 heteroatoms. The highest BCUT2D eigenvalue weighted by atomic mass is 16.5. The van der Waals surface area contributed by atoms with Crippen molar-refractivity contribution in [3.63, 3.8) is 0 Å². The topological polar surface area (TPSA) is 84.3 Å². The van der Waals surface area contributed by atoms with Crippen LogP contribution in [0, 0.1) is 5.92 Å². The van der Waals surface area contributed by atoms with Crippen molar-refractivity contribution < 1.29 is 4.74 Å². The molecule has 90 valence electrons. The number of fused-ring (bicyclic) bond motifs is 1. The first kappa shape index (κ1) is 10.3. The highest BCUT2D eigenvalue weighted by molar-refractivity contribution is 5.38. The minimum Gasteiger partial charge on any atom is -0.477 e. The molecular weight excluding hydrogens is 222 g/mol. The van der Waals surface area contributed by atoms with Crippen LogP contribution in [-0.4, -0.2) is 39.3 Å². The molecule has 2 aromatic heterocycles. The number of hydrogen-bond acceptors (Lipinski definition) is 5. The molecule has 0 aromatic carbocycles. The average Bonchev–Trinajstić information content (AvgIpc) is 2.97. The largest absolute Gasteiger partial charge is 0.477 e. The predicted octanol–water partition coefficient (Wildman–Crippen LogP) is -0.594. The fourth-order valence-electron chi connectivity index (χ4n) is 1.93. The third-order valence-corrected chi connectivity index (χ3v) is 2.91. The van der Waals surface area contributed by atoms with E-state index >= 15 is 0 Å². The third kappa shape index (κ3) is 2.01. The maximum atomic E-state index is 11.2. The van der Waals surface area contributed by atoms with Gasteiger partial charge in [0.15, 0.2) is 5.65 Å². The van der Waals surface area contributed by atoms with E-state index in [1.165, 1.54) is 10.7 Å². The van der Waals surface area contributed by atoms with E-state index in [4.69, 9.17) is 4.74 Å². The molecule has 0 aliphatic carbocycles. The molecular formula is C10H13N5O2. The SMILES string of the molecule is O=c1[nH]nc2cc(OCC3CCNC3)ncn12. The second-order valence-electron chi connectivity index (χ2n) is 4.15. The van der Waals surface area contributed by atoms with Gasteiger partial charge in [-0.05, 0) is 13.0 Å². The van der Waals surface area contributed by atoms with E-state index in [-0.39, 0.29) is 5.69 Å². The Labute approximate surface area is 96.8 Å². The van der Waals surface area contributed by atoms with Gasteiger partial charge < -0.3 is 10.1 Å². The Kier molecular flexibility index (Phi) is 2.52. The molecule has 0 bridgehead atoms. The smallest absolute Gasteiger partial charge is 0.348 e. The maximum Gasteiger partial charge on any atom is 0.348 e. The van der Waals surface area contributed by atoms with Crippen molar-refractivity contribution in [1.29, 1.82) is 0 Å². The standard InChI is InChI=1S/C10H13N5O2/c16-10-14-13-8-3-9(12-6-15(8)10)17-5-7-1-2-11-4-7/h3,6-7,11H,1-2,4-5H2,(H,14,16). The first-order chi connectivity index (χ1) is 8.33. The zero-order valence-corrected chi connectivity index (χ0v) is 9.22. The van der Waals surface area contributed by atoms with Crippen molar-refractivity contribution in [2.45, 2.75) is 6.42 Å². The number of nitrogens with zero attached hydrogens (tertiary/aromatic N) is 3. The molecule has 1 fully saturated rings. The summed E-state index contributed by atoms with van der Waals surface area (Å²) >= 11 is 0. The summed E-state index contributed by atoms with van der Waals surface area (Å²) in [5.74, 6) is 1.04. The summed E-state index contributed by atoms with van der Waals surface area (Å²) in [5.41, 5.74) is 0.226. The van der Waals surface area contributed by atoms with E-state index < -0.39 is 0 Å². The van der Waals surface area contributed by atoms with Crippen LogP contribution in [0.1, 0.15) is 6.42 Å². The van der Waals surface area contributed by atoms with E-state index in [9.17, 15) is 4.79 Å². The molecule has 0 saturated carbocycles. The van der Waals surface area contributed by atoms with Crippen LogP contribution in [0.4, 0.5) is 0 Å². The Morgan fingerprint density at radius 3 is 3.35 bits per heavy atom. The van der Waals surface area contributed by atoms with Crippen LogP contribution in [0.15, 0.2) is 17.2 Å². The number of nitrogens with one attached hydrogen (secondary N) is 2. The molecule has 17 heavy (non-hydrogen) atoms. The van der Waals surface area contributed by atoms with Crippen LogP contribution in [0.3, 0.4) is 0 Å². The second-order valence-corrected chi connectivity index (χ2v) is 4.15. The average molecular weight is 235 g/mol. The van der Waals surface area contributed by atoms with Crippen molar-refractivity contribution >= 4 is 5.65 Å². The molecule has 1 unspecified atom stereocenters. The van der Waals surface area contributed by atoms with E-state index in [1.54, 1.807) is 6.07 Å². The molecule has 0 spiro atoms. The normalized spacial score (nSPS) is 19.9. The number of rotatable bonds is 3. The molecule has 1 aliphatic rings. The number of hydrogen-bond donors (Lipinski definition) is 2. The van der Waals surface area contributed by atoms with E-state index in [1.807, 2.05) is 0 Å². The highest BCUT2D eigenvalue weighted by Crippen LogP contribution is 2.12. The van der Waals surface area contributed by atoms with Crippen LogP contribution >= 0.6 is 0 Å². The van der Waals surface area contributed by atoms with Crippen LogP contribution in [0.25, 0.3) is 5.65 Å². The second kappa shape index (κ2) is 4.17. The van der Waals surface area contributed by atoms with Crippen molar-refractivity contribution in [1.82, 2.24) is 24.9 Å². The minimum atomic E-state index is -0.293. The van der Waals surface area contributed by atoms with E-state index in [2.05, 4.69) is 20.5 Å². The van der Waals surface area contributed by atoms with Gasteiger partial charge in [-0.1, -0.05) is 0 Å². The summed E-state index contributed by atoms with van der Waals surface area (Å²) in [6.07, 6.45) is 2.55. The minimum absolute atomic E-state index is 0.293. The summed E-state index contributed by atoms with van der Waals surface area (Å²) in [4.78, 5) is 15.3. The van der Waals surface area contributed by atoms with Crippen molar-refractivity contribution in [2.24, 2.45) is 5.92 Å². The Morgan fingerprint density at radius 2 is 2.53 bits per heavy atom. The fourth-order valence-corrected chi connectivity index (χ4v) is 1.93. The van der Waals surface area contributed by atoms with Crippen LogP contribution in [0.5, 0.6) is 5.88 Å². The van der Waals surface area contributed by atoms with Gasteiger partial charge in [0.1, 0.15) is 6.33 Å². The molecule has 1 aliphatic heterocycles. The van der Waals surface area contributed by atoms with Gasteiger partial charge in [-0.3, -0.25) is 0 Å². The summed E-state index contributed by atoms with van der Waals surface area (Å²) < 4.78 is 6.92. The monoisotopic (exact) mass is 235 g/mol. The van der Waals surface area contributed by atoms with Crippen LogP contribution < -0.4 is 15.7 Å². The molecule has 7 nitrogen and oxygen atoms in total. The van der Waals surface area contributed by atoms with Gasteiger partial charge in [-0.2, -0.15) is 5.10 Å². The lowest BCUT2D eigenvalue weighted by atomic mass is 10.1. The van der Waals surface area contributed by atoms with Gasteiger partial charge in [0, 0.05) is 18.5 Å². The summed E-state index contributed by atoms with van der Waals surface area (Å²) in [6.45, 7) is 2.68. The van der Waals surface area contributed by atoms with E-state index in [0.29, 0.717) is 24.1 Å². The fraction of sp³-hybridized carbons (Fsp3) is 0.500. The quantitative estimate of drug-likeness (QED) is 0.742. The number of ether oxygens (including phenoxy) is 1. The third-order valence-electron chi connectivity index (χ3n) is 2.91. The molecule has 1 saturated heterocycles. The first-order valence-corrected chi connectivity index (χ1v) is 5.59. The summed E-state index contributed by atoms with van der Waals surface area (Å²) in [5, 5.41) is 9.48. The Bertz CT molecular complexity index is 569. The molecule has 0 amide bonds. The van der Waals surface area contributed by atoms with Gasteiger partial charge >= 0.3 is 5.69 Å². The summed E-state index contributed by atoms with van der Waals surface area (Å²) in [7, 11) is 0. The Morgan fingerprint density at radius 1 is 1.59 bits per heavy atom. The summed E-state index contributed by atoms with van der Waals surface area (Å²) in [6, 6.07) is 1.65. The molecule has 3 heterocycles. The highest BCUT2D eigenvalue weighted by Gasteiger charge is 2.15. The number of aromatic nitrogens is 4. The zero-order chi connectivity index (χ0) is 11.7. The van der Waals surface area contributed by atoms with E-state index in [0.717, 1.165) is 19.5 Å². The molecule has 2 N–H and O–H groups in total. The molecule has 2 aromatic rings. The van der Waals surface area contributed by atoms with Crippen LogP contribution in [0.2, 0.25) is 0 Å². The molecule has 3 rings (SSSR count). The number of aromatic amines is 1. The van der Waals surface area contributed by atoms with Crippen molar-refractivity contribution in [2.75, 3.05) is 19.7 Å². The van der Waals surface area contributed by atoms with Gasteiger partial charge in [0.2, 0.25) is 5.88 Å². The maximum absolute atomic E-state index is 11.2. The number of H-pyrrole nitrogens is 1. The lowest BCUT2D eigenvalue weighted by molar-refractivity contribution is 0.251. The van der Waals surface area contributed by atoms with Crippen molar-refractivity contribution in [3.8, 4) is 5.88 Å². The van der Waals surface area contributed by atoms with Crippen LogP contribution in [-0.2, 0) is 0 Å². The zero-order valence-electron chi connectivity index (χ0n) is 9.22. The van der Waals surface area contributed by atoms with Gasteiger partial charge in [-0.15, -0.1) is 0 Å². The van der Waals surface area contributed by atoms with Crippen molar-refractivity contribution in [3.05, 3.63) is 22.9 Å². The lowest BCUT2D eigenvalue weighted by Gasteiger charge is -2.09. The predicted molar refractivity (Wildman–Crippen MR) is 60.1 cm³/mol. The lowest BCUT2D eigenvalue weighted by Crippen LogP contribution is -2.16. The van der Waals surface area contributed by atoms with Gasteiger partial charge in [0.25, 0.3) is 0 Å². The Hall–Kier alpha value is -1.89. The first-order valence-electron chi connectivity index (χ1n) is 5.59. The Balaban J connectivity index is 1.74. The molecule has 1 atom stereocenters. The van der Waals surface area contributed by atoms with Gasteiger partial charge in [-0.25, -0.2) is 19.3 Å².